The molecule has 0 fully saturated rings. The molecular formula is C64H48BN3O2S. The van der Waals surface area contributed by atoms with Gasteiger partial charge in [0, 0.05) is 87.2 Å². The van der Waals surface area contributed by atoms with Crippen molar-refractivity contribution in [2.75, 3.05) is 9.71 Å². The van der Waals surface area contributed by atoms with Crippen LogP contribution in [0.2, 0.25) is 0 Å². The number of rotatable bonds is 4. The third kappa shape index (κ3) is 5.81. The van der Waals surface area contributed by atoms with Gasteiger partial charge in [-0.2, -0.15) is 0 Å². The van der Waals surface area contributed by atoms with Gasteiger partial charge in [0.1, 0.15) is 22.3 Å². The number of para-hydroxylation sites is 3. The fraction of sp³-hybridized carbons (Fsp3) is 0.125. The highest BCUT2D eigenvalue weighted by molar-refractivity contribution is 7.32. The number of hydrogen-bond donors (Lipinski definition) is 0. The van der Waals surface area contributed by atoms with Gasteiger partial charge in [-0.05, 0) is 124 Å². The Balaban J connectivity index is 1.05. The van der Waals surface area contributed by atoms with Crippen molar-refractivity contribution in [3.63, 3.8) is 0 Å². The molecule has 0 bridgehead atoms. The standard InChI is InChI=1S/C64H48BN3O2S/c1-63(2,3)37-21-24-41(25-22-37)68-53-34-50-48-32-42(66(39-15-9-7-10-16-39)40-17-11-8-12-18-40)26-29-55(48)70-56(50)35-47(53)44-27-28-45-46-33-49-43-19-13-14-20-54(43)69-57(49)36-52(46)67-60(45)59(44)65(68)62-61(67)51-31-38(64(4,5)6)23-30-58(51)71-62/h7-36H,1-6H3. The molecule has 6 heterocycles. The van der Waals surface area contributed by atoms with Gasteiger partial charge >= 0.3 is 6.85 Å². The fourth-order valence-corrected chi connectivity index (χ4v) is 13.2. The minimum Gasteiger partial charge on any atom is -0.456 e. The Bertz CT molecular complexity index is 4330. The van der Waals surface area contributed by atoms with Crippen LogP contribution in [0, 0.1) is 0 Å². The predicted octanol–water partition coefficient (Wildman–Crippen LogP) is 17.1. The van der Waals surface area contributed by atoms with Gasteiger partial charge in [-0.25, -0.2) is 0 Å². The summed E-state index contributed by atoms with van der Waals surface area (Å²) in [6, 6.07) is 67.1. The Kier molecular flexibility index (Phi) is 8.23. The van der Waals surface area contributed by atoms with Crippen LogP contribution in [-0.2, 0) is 10.8 Å². The van der Waals surface area contributed by atoms with Crippen molar-refractivity contribution in [2.45, 2.75) is 52.4 Å². The topological polar surface area (TPSA) is 37.7 Å². The van der Waals surface area contributed by atoms with Crippen LogP contribution in [0.5, 0.6) is 0 Å². The van der Waals surface area contributed by atoms with Crippen LogP contribution in [0.4, 0.5) is 28.4 Å². The maximum Gasteiger partial charge on any atom is 0.343 e. The smallest absolute Gasteiger partial charge is 0.343 e. The van der Waals surface area contributed by atoms with E-state index in [4.69, 9.17) is 8.83 Å². The van der Waals surface area contributed by atoms with Gasteiger partial charge in [-0.1, -0.05) is 126 Å². The molecule has 5 nitrogen and oxygen atoms in total. The second kappa shape index (κ2) is 14.3. The summed E-state index contributed by atoms with van der Waals surface area (Å²) in [4.78, 5) is 4.99. The van der Waals surface area contributed by atoms with E-state index in [-0.39, 0.29) is 17.7 Å². The van der Waals surface area contributed by atoms with E-state index in [9.17, 15) is 0 Å². The van der Waals surface area contributed by atoms with Crippen LogP contribution in [0.1, 0.15) is 52.7 Å². The second-order valence-electron chi connectivity index (χ2n) is 21.7. The van der Waals surface area contributed by atoms with Gasteiger partial charge in [0.25, 0.3) is 0 Å². The summed E-state index contributed by atoms with van der Waals surface area (Å²) in [6.07, 6.45) is 0. The maximum absolute atomic E-state index is 6.93. The third-order valence-electron chi connectivity index (χ3n) is 15.4. The Morgan fingerprint density at radius 2 is 1.11 bits per heavy atom. The highest BCUT2D eigenvalue weighted by Gasteiger charge is 2.46. The van der Waals surface area contributed by atoms with Gasteiger partial charge in [-0.3, -0.25) is 0 Å². The largest absolute Gasteiger partial charge is 0.456 e. The van der Waals surface area contributed by atoms with Crippen LogP contribution in [0.3, 0.4) is 0 Å². The van der Waals surface area contributed by atoms with Crippen molar-refractivity contribution in [2.24, 2.45) is 0 Å². The van der Waals surface area contributed by atoms with E-state index in [0.29, 0.717) is 0 Å². The first-order chi connectivity index (χ1) is 34.5. The lowest BCUT2D eigenvalue weighted by Crippen LogP contribution is -2.59. The highest BCUT2D eigenvalue weighted by Crippen LogP contribution is 2.51. The van der Waals surface area contributed by atoms with Crippen molar-refractivity contribution >= 4 is 133 Å². The van der Waals surface area contributed by atoms with Crippen LogP contribution in [0.15, 0.2) is 191 Å². The molecule has 0 unspecified atom stereocenters. The molecule has 13 aromatic rings. The van der Waals surface area contributed by atoms with Gasteiger partial charge in [-0.15, -0.1) is 11.3 Å². The molecule has 0 radical (unpaired) electrons. The summed E-state index contributed by atoms with van der Waals surface area (Å²) in [5, 5.41) is 8.22. The molecule has 71 heavy (non-hydrogen) atoms. The SMILES string of the molecule is CC(C)(C)c1ccc(N2B3c4sc5ccc(C(C)(C)C)cc5c4-n4c5cc6oc7ccccc7c6cc5c5ccc(c3c54)-c3cc4oc5ccc(N(c6ccccc6)c6ccccc6)cc5c4cc32)cc1. The van der Waals surface area contributed by atoms with Crippen molar-refractivity contribution in [3.8, 4) is 16.8 Å². The average Bonchev–Trinajstić information content (AvgIpc) is 4.13. The predicted molar refractivity (Wildman–Crippen MR) is 302 cm³/mol. The lowest BCUT2D eigenvalue weighted by Gasteiger charge is -2.41. The molecule has 340 valence electrons. The summed E-state index contributed by atoms with van der Waals surface area (Å²) in [6.45, 7) is 13.7. The number of anilines is 5. The van der Waals surface area contributed by atoms with Crippen molar-refractivity contribution in [1.82, 2.24) is 4.57 Å². The maximum atomic E-state index is 6.93. The number of nitrogens with zero attached hydrogens (tertiary/aromatic N) is 3. The van der Waals surface area contributed by atoms with E-state index in [1.54, 1.807) is 0 Å². The summed E-state index contributed by atoms with van der Waals surface area (Å²) in [5.41, 5.74) is 19.2. The minimum absolute atomic E-state index is 0.00373. The Labute approximate surface area is 415 Å². The second-order valence-corrected chi connectivity index (χ2v) is 22.8. The van der Waals surface area contributed by atoms with Gasteiger partial charge in [0.15, 0.2) is 0 Å². The molecular weight excluding hydrogens is 886 g/mol. The van der Waals surface area contributed by atoms with E-state index in [1.165, 1.54) is 64.7 Å². The first-order valence-electron chi connectivity index (χ1n) is 24.8. The molecule has 7 heteroatoms. The van der Waals surface area contributed by atoms with Gasteiger partial charge < -0.3 is 23.1 Å². The molecule has 0 saturated heterocycles. The average molecular weight is 934 g/mol. The lowest BCUT2D eigenvalue weighted by molar-refractivity contribution is 0.590. The number of furan rings is 2. The molecule has 0 aliphatic carbocycles. The zero-order valence-corrected chi connectivity index (χ0v) is 41.3. The fourth-order valence-electron chi connectivity index (χ4n) is 12.0. The van der Waals surface area contributed by atoms with E-state index in [1.807, 2.05) is 11.3 Å². The molecule has 15 rings (SSSR count). The molecule has 0 spiro atoms. The Hall–Kier alpha value is -8.00. The lowest BCUT2D eigenvalue weighted by atomic mass is 9.47. The summed E-state index contributed by atoms with van der Waals surface area (Å²) in [7, 11) is 0. The molecule has 2 aliphatic rings. The first-order valence-corrected chi connectivity index (χ1v) is 25.6. The quantitative estimate of drug-likeness (QED) is 0.165. The van der Waals surface area contributed by atoms with E-state index >= 15 is 0 Å². The molecule has 0 N–H and O–H groups in total. The molecule has 0 saturated carbocycles. The molecule has 9 aromatic carbocycles. The van der Waals surface area contributed by atoms with Crippen LogP contribution in [0.25, 0.3) is 92.6 Å². The summed E-state index contributed by atoms with van der Waals surface area (Å²) in [5.74, 6) is 0. The van der Waals surface area contributed by atoms with E-state index in [0.717, 1.165) is 77.7 Å². The number of benzene rings is 9. The molecule has 2 aliphatic heterocycles. The summed E-state index contributed by atoms with van der Waals surface area (Å²) >= 11 is 1.94. The molecule has 0 atom stereocenters. The normalized spacial score (nSPS) is 13.4. The number of thiophene rings is 1. The number of hydrogen-bond acceptors (Lipinski definition) is 5. The zero-order valence-electron chi connectivity index (χ0n) is 40.5. The zero-order chi connectivity index (χ0) is 47.7. The highest BCUT2D eigenvalue weighted by atomic mass is 32.1. The molecule has 0 amide bonds. The first kappa shape index (κ1) is 40.8. The van der Waals surface area contributed by atoms with Crippen molar-refractivity contribution in [1.29, 1.82) is 0 Å². The number of aromatic nitrogens is 1. The van der Waals surface area contributed by atoms with Crippen LogP contribution < -0.4 is 20.0 Å². The van der Waals surface area contributed by atoms with Crippen LogP contribution >= 0.6 is 11.3 Å². The van der Waals surface area contributed by atoms with E-state index in [2.05, 4.69) is 238 Å². The Morgan fingerprint density at radius 1 is 0.465 bits per heavy atom. The Morgan fingerprint density at radius 3 is 1.85 bits per heavy atom. The van der Waals surface area contributed by atoms with Crippen LogP contribution in [-0.4, -0.2) is 11.4 Å². The van der Waals surface area contributed by atoms with Crippen molar-refractivity contribution < 1.29 is 8.83 Å². The van der Waals surface area contributed by atoms with E-state index < -0.39 is 0 Å². The third-order valence-corrected chi connectivity index (χ3v) is 16.7. The number of fused-ring (bicyclic) bond motifs is 16. The van der Waals surface area contributed by atoms with Gasteiger partial charge in [0.2, 0.25) is 0 Å². The summed E-state index contributed by atoms with van der Waals surface area (Å²) < 4.78 is 18.8. The van der Waals surface area contributed by atoms with Crippen molar-refractivity contribution in [3.05, 3.63) is 193 Å². The minimum atomic E-state index is -0.120. The molecule has 4 aromatic heterocycles. The van der Waals surface area contributed by atoms with Gasteiger partial charge in [0.05, 0.1) is 16.7 Å². The monoisotopic (exact) mass is 933 g/mol.